The molecule has 0 aliphatic carbocycles. The molecule has 1 rings (SSSR count). The molecular weight excluding hydrogens is 220 g/mol. The molecule has 0 N–H and O–H groups in total. The van der Waals surface area contributed by atoms with Gasteiger partial charge < -0.3 is 8.85 Å². The van der Waals surface area contributed by atoms with Crippen LogP contribution in [0.2, 0.25) is 19.6 Å². The molecule has 0 heterocycles. The minimum absolute atomic E-state index is 0.650. The lowest BCUT2D eigenvalue weighted by atomic mass is 10.4. The summed E-state index contributed by atoms with van der Waals surface area (Å²) in [6.45, 7) is 6.45. The van der Waals surface area contributed by atoms with Crippen LogP contribution in [0.4, 0.5) is 0 Å². The van der Waals surface area contributed by atoms with Gasteiger partial charge in [-0.05, 0) is 24.8 Å². The summed E-state index contributed by atoms with van der Waals surface area (Å²) in [5.74, 6) is 0. The molecule has 0 aromatic heterocycles. The Hall–Kier alpha value is -0.426. The van der Waals surface area contributed by atoms with Crippen LogP contribution in [-0.2, 0) is 8.85 Å². The fourth-order valence-electron chi connectivity index (χ4n) is 0.860. The molecule has 4 heteroatoms. The summed E-state index contributed by atoms with van der Waals surface area (Å²) in [7, 11) is 1.85. The van der Waals surface area contributed by atoms with Gasteiger partial charge in [0.1, 0.15) is 0 Å². The van der Waals surface area contributed by atoms with E-state index in [-0.39, 0.29) is 0 Å². The fourth-order valence-corrected chi connectivity index (χ4v) is 1.90. The van der Waals surface area contributed by atoms with Crippen LogP contribution in [0.3, 0.4) is 0 Å². The second-order valence-corrected chi connectivity index (χ2v) is 8.56. The lowest BCUT2D eigenvalue weighted by molar-refractivity contribution is 0.430. The molecule has 86 valence electrons. The number of rotatable bonds is 3. The highest BCUT2D eigenvalue weighted by Gasteiger charge is 2.02. The van der Waals surface area contributed by atoms with E-state index < -0.39 is 18.1 Å². The zero-order valence-corrected chi connectivity index (χ0v) is 12.7. The largest absolute Gasteiger partial charge is 0.424 e. The lowest BCUT2D eigenvalue weighted by Gasteiger charge is -2.05. The Labute approximate surface area is 96.7 Å². The van der Waals surface area contributed by atoms with Crippen LogP contribution < -0.4 is 5.19 Å². The molecule has 0 fully saturated rings. The standard InChI is InChI=1S/C8H12OSi.C3H10OSi/c1-9-10(2)8-6-4-3-5-7-8;1-4-5(2)3/h3-7,10H,1-2H3;5H,1-3H3. The van der Waals surface area contributed by atoms with Crippen molar-refractivity contribution in [1.82, 2.24) is 0 Å². The Morgan fingerprint density at radius 1 is 0.867 bits per heavy atom. The van der Waals surface area contributed by atoms with Gasteiger partial charge in [-0.25, -0.2) is 0 Å². The summed E-state index contributed by atoms with van der Waals surface area (Å²) in [6, 6.07) is 10.4. The minimum Gasteiger partial charge on any atom is -0.424 e. The van der Waals surface area contributed by atoms with Crippen molar-refractivity contribution in [1.29, 1.82) is 0 Å². The van der Waals surface area contributed by atoms with Crippen molar-refractivity contribution in [2.45, 2.75) is 19.6 Å². The summed E-state index contributed by atoms with van der Waals surface area (Å²) in [4.78, 5) is 0. The van der Waals surface area contributed by atoms with Gasteiger partial charge in [-0.15, -0.1) is 0 Å². The van der Waals surface area contributed by atoms with Crippen LogP contribution in [0.15, 0.2) is 30.3 Å². The highest BCUT2D eigenvalue weighted by Crippen LogP contribution is 1.87. The molecule has 0 saturated heterocycles. The van der Waals surface area contributed by atoms with Crippen molar-refractivity contribution in [2.75, 3.05) is 14.2 Å². The average Bonchev–Trinajstić information content (AvgIpc) is 2.30. The van der Waals surface area contributed by atoms with Gasteiger partial charge in [0.2, 0.25) is 9.04 Å². The SMILES string of the molecule is CO[SiH](C)C.CO[SiH](C)c1ccccc1. The first-order chi connectivity index (χ1) is 7.11. The van der Waals surface area contributed by atoms with E-state index in [2.05, 4.69) is 43.9 Å². The van der Waals surface area contributed by atoms with Gasteiger partial charge in [0.25, 0.3) is 0 Å². The molecule has 15 heavy (non-hydrogen) atoms. The molecule has 1 atom stereocenters. The first kappa shape index (κ1) is 14.6. The van der Waals surface area contributed by atoms with Crippen LogP contribution in [0, 0.1) is 0 Å². The van der Waals surface area contributed by atoms with Crippen LogP contribution >= 0.6 is 0 Å². The Morgan fingerprint density at radius 3 is 1.67 bits per heavy atom. The molecule has 0 radical (unpaired) electrons. The molecule has 0 bridgehead atoms. The zero-order valence-electron chi connectivity index (χ0n) is 10.4. The maximum atomic E-state index is 5.28. The van der Waals surface area contributed by atoms with Crippen molar-refractivity contribution in [3.8, 4) is 0 Å². The van der Waals surface area contributed by atoms with E-state index in [9.17, 15) is 0 Å². The highest BCUT2D eigenvalue weighted by atomic mass is 28.3. The quantitative estimate of drug-likeness (QED) is 0.748. The predicted molar refractivity (Wildman–Crippen MR) is 72.0 cm³/mol. The molecule has 0 aliphatic rings. The Balaban J connectivity index is 0.000000336. The molecule has 1 unspecified atom stereocenters. The van der Waals surface area contributed by atoms with E-state index in [0.29, 0.717) is 0 Å². The lowest BCUT2D eigenvalue weighted by Crippen LogP contribution is -2.28. The van der Waals surface area contributed by atoms with Crippen molar-refractivity contribution in [3.63, 3.8) is 0 Å². The molecule has 0 aliphatic heterocycles. The number of hydrogen-bond acceptors (Lipinski definition) is 2. The van der Waals surface area contributed by atoms with Crippen LogP contribution in [0.25, 0.3) is 0 Å². The topological polar surface area (TPSA) is 18.5 Å². The predicted octanol–water partition coefficient (Wildman–Crippen LogP) is 1.51. The van der Waals surface area contributed by atoms with E-state index in [0.717, 1.165) is 0 Å². The second-order valence-electron chi connectivity index (χ2n) is 3.57. The van der Waals surface area contributed by atoms with E-state index >= 15 is 0 Å². The van der Waals surface area contributed by atoms with Gasteiger partial charge in [-0.3, -0.25) is 0 Å². The van der Waals surface area contributed by atoms with Gasteiger partial charge >= 0.3 is 0 Å². The van der Waals surface area contributed by atoms with E-state index in [1.807, 2.05) is 6.07 Å². The number of hydrogen-bond donors (Lipinski definition) is 0. The van der Waals surface area contributed by atoms with Crippen molar-refractivity contribution in [2.24, 2.45) is 0 Å². The highest BCUT2D eigenvalue weighted by molar-refractivity contribution is 6.66. The third-order valence-corrected chi connectivity index (χ3v) is 5.07. The normalized spacial score (nSPS) is 11.9. The molecule has 1 aromatic carbocycles. The molecule has 2 nitrogen and oxygen atoms in total. The monoisotopic (exact) mass is 242 g/mol. The molecular formula is C11H22O2Si2. The smallest absolute Gasteiger partial charge is 0.204 e. The maximum Gasteiger partial charge on any atom is 0.204 e. The Morgan fingerprint density at radius 2 is 1.33 bits per heavy atom. The third kappa shape index (κ3) is 7.50. The van der Waals surface area contributed by atoms with Gasteiger partial charge in [-0.1, -0.05) is 30.3 Å². The summed E-state index contributed by atoms with van der Waals surface area (Å²) in [5.41, 5.74) is 0. The number of benzene rings is 1. The van der Waals surface area contributed by atoms with Gasteiger partial charge in [-0.2, -0.15) is 0 Å². The average molecular weight is 242 g/mol. The van der Waals surface area contributed by atoms with Crippen molar-refractivity contribution < 1.29 is 8.85 Å². The zero-order chi connectivity index (χ0) is 11.7. The van der Waals surface area contributed by atoms with Gasteiger partial charge in [0, 0.05) is 14.2 Å². The maximum absolute atomic E-state index is 5.28. The second kappa shape index (κ2) is 8.85. The third-order valence-electron chi connectivity index (χ3n) is 2.09. The summed E-state index contributed by atoms with van der Waals surface area (Å²) in [6.07, 6.45) is 0. The molecule has 0 saturated carbocycles. The van der Waals surface area contributed by atoms with E-state index in [1.165, 1.54) is 5.19 Å². The molecule has 1 aromatic rings. The van der Waals surface area contributed by atoms with E-state index in [4.69, 9.17) is 8.85 Å². The summed E-state index contributed by atoms with van der Waals surface area (Å²) in [5, 5.41) is 1.37. The Kier molecular flexibility index (Phi) is 8.60. The van der Waals surface area contributed by atoms with Crippen LogP contribution in [0.5, 0.6) is 0 Å². The van der Waals surface area contributed by atoms with Crippen LogP contribution in [-0.4, -0.2) is 32.3 Å². The summed E-state index contributed by atoms with van der Waals surface area (Å²) < 4.78 is 10.2. The van der Waals surface area contributed by atoms with Gasteiger partial charge in [0.15, 0.2) is 9.04 Å². The molecule has 0 spiro atoms. The van der Waals surface area contributed by atoms with E-state index in [1.54, 1.807) is 14.2 Å². The van der Waals surface area contributed by atoms with Gasteiger partial charge in [0.05, 0.1) is 0 Å². The van der Waals surface area contributed by atoms with Crippen molar-refractivity contribution >= 4 is 23.3 Å². The minimum atomic E-state index is -1.04. The first-order valence-electron chi connectivity index (χ1n) is 5.22. The fraction of sp³-hybridized carbons (Fsp3) is 0.455. The first-order valence-corrected chi connectivity index (χ1v) is 10.2. The molecule has 0 amide bonds. The van der Waals surface area contributed by atoms with Crippen molar-refractivity contribution in [3.05, 3.63) is 30.3 Å². The summed E-state index contributed by atoms with van der Waals surface area (Å²) >= 11 is 0. The Bertz CT molecular complexity index is 240. The van der Waals surface area contributed by atoms with Crippen LogP contribution in [0.1, 0.15) is 0 Å².